The van der Waals surface area contributed by atoms with E-state index in [2.05, 4.69) is 5.32 Å². The number of methoxy groups -OCH3 is 1. The van der Waals surface area contributed by atoms with Crippen molar-refractivity contribution < 1.29 is 17.9 Å². The lowest BCUT2D eigenvalue weighted by Gasteiger charge is -2.11. The molecule has 0 saturated heterocycles. The first-order valence-corrected chi connectivity index (χ1v) is 4.83. The van der Waals surface area contributed by atoms with E-state index in [0.717, 1.165) is 6.07 Å². The van der Waals surface area contributed by atoms with E-state index >= 15 is 0 Å². The molecule has 0 saturated carbocycles. The molecular formula is C11H11F3N2O. The van der Waals surface area contributed by atoms with Gasteiger partial charge in [0.15, 0.2) is 0 Å². The van der Waals surface area contributed by atoms with Crippen LogP contribution in [0.4, 0.5) is 18.9 Å². The monoisotopic (exact) mass is 244 g/mol. The average molecular weight is 244 g/mol. The molecule has 3 nitrogen and oxygen atoms in total. The molecule has 0 aliphatic rings. The van der Waals surface area contributed by atoms with Crippen LogP contribution in [0.2, 0.25) is 0 Å². The second-order valence-corrected chi connectivity index (χ2v) is 3.29. The van der Waals surface area contributed by atoms with Crippen molar-refractivity contribution in [1.82, 2.24) is 0 Å². The lowest BCUT2D eigenvalue weighted by atomic mass is 10.1. The molecule has 17 heavy (non-hydrogen) atoms. The SMILES string of the molecule is COCCNc1ccc(C(F)(F)F)c(C#N)c1. The molecule has 0 aromatic heterocycles. The first-order chi connectivity index (χ1) is 7.99. The molecule has 0 atom stereocenters. The standard InChI is InChI=1S/C11H11F3N2O/c1-17-5-4-16-9-2-3-10(11(12,13)14)8(6-9)7-15/h2-3,6,16H,4-5H2,1H3. The number of rotatable bonds is 4. The summed E-state index contributed by atoms with van der Waals surface area (Å²) >= 11 is 0. The molecule has 0 aliphatic carbocycles. The van der Waals surface area contributed by atoms with Crippen LogP contribution in [0.25, 0.3) is 0 Å². The van der Waals surface area contributed by atoms with E-state index in [1.54, 1.807) is 6.07 Å². The number of hydrogen-bond acceptors (Lipinski definition) is 3. The molecular weight excluding hydrogens is 233 g/mol. The highest BCUT2D eigenvalue weighted by Gasteiger charge is 2.33. The molecule has 1 N–H and O–H groups in total. The van der Waals surface area contributed by atoms with Gasteiger partial charge >= 0.3 is 6.18 Å². The minimum atomic E-state index is -4.50. The minimum Gasteiger partial charge on any atom is -0.383 e. The van der Waals surface area contributed by atoms with E-state index in [4.69, 9.17) is 10.00 Å². The van der Waals surface area contributed by atoms with Gasteiger partial charge in [-0.1, -0.05) is 0 Å². The molecule has 0 amide bonds. The predicted molar refractivity (Wildman–Crippen MR) is 56.5 cm³/mol. The topological polar surface area (TPSA) is 45.0 Å². The summed E-state index contributed by atoms with van der Waals surface area (Å²) in [5, 5.41) is 11.5. The number of nitrogens with one attached hydrogen (secondary N) is 1. The molecule has 0 unspecified atom stereocenters. The van der Waals surface area contributed by atoms with Gasteiger partial charge in [-0.2, -0.15) is 18.4 Å². The maximum atomic E-state index is 12.5. The van der Waals surface area contributed by atoms with Gasteiger partial charge < -0.3 is 10.1 Å². The van der Waals surface area contributed by atoms with Crippen molar-refractivity contribution in [3.63, 3.8) is 0 Å². The number of benzene rings is 1. The van der Waals surface area contributed by atoms with Crippen LogP contribution in [-0.2, 0) is 10.9 Å². The average Bonchev–Trinajstić information content (AvgIpc) is 2.28. The van der Waals surface area contributed by atoms with Crippen molar-refractivity contribution in [3.05, 3.63) is 29.3 Å². The van der Waals surface area contributed by atoms with Crippen LogP contribution >= 0.6 is 0 Å². The van der Waals surface area contributed by atoms with E-state index in [0.29, 0.717) is 18.8 Å². The largest absolute Gasteiger partial charge is 0.417 e. The Kier molecular flexibility index (Phi) is 4.35. The van der Waals surface area contributed by atoms with E-state index in [1.165, 1.54) is 19.2 Å². The van der Waals surface area contributed by atoms with E-state index in [-0.39, 0.29) is 5.56 Å². The van der Waals surface area contributed by atoms with Gasteiger partial charge in [-0.15, -0.1) is 0 Å². The fraction of sp³-hybridized carbons (Fsp3) is 0.364. The molecule has 6 heteroatoms. The van der Waals surface area contributed by atoms with Gasteiger partial charge in [0.25, 0.3) is 0 Å². The van der Waals surface area contributed by atoms with E-state index in [1.807, 2.05) is 0 Å². The fourth-order valence-electron chi connectivity index (χ4n) is 1.29. The van der Waals surface area contributed by atoms with Crippen molar-refractivity contribution in [2.24, 2.45) is 0 Å². The summed E-state index contributed by atoms with van der Waals surface area (Å²) in [6.07, 6.45) is -4.50. The summed E-state index contributed by atoms with van der Waals surface area (Å²) in [5.74, 6) is 0. The van der Waals surface area contributed by atoms with Gasteiger partial charge in [0, 0.05) is 19.3 Å². The number of anilines is 1. The number of hydrogen-bond donors (Lipinski definition) is 1. The van der Waals surface area contributed by atoms with Crippen LogP contribution < -0.4 is 5.32 Å². The molecule has 0 fully saturated rings. The molecule has 0 aliphatic heterocycles. The van der Waals surface area contributed by atoms with Crippen molar-refractivity contribution in [2.75, 3.05) is 25.6 Å². The van der Waals surface area contributed by atoms with E-state index < -0.39 is 11.7 Å². The maximum absolute atomic E-state index is 12.5. The van der Waals surface area contributed by atoms with Crippen LogP contribution in [0.5, 0.6) is 0 Å². The summed E-state index contributed by atoms with van der Waals surface area (Å²) < 4.78 is 42.2. The number of halogens is 3. The number of nitriles is 1. The second kappa shape index (κ2) is 5.55. The van der Waals surface area contributed by atoms with Crippen LogP contribution in [0.15, 0.2) is 18.2 Å². The summed E-state index contributed by atoms with van der Waals surface area (Å²) in [6.45, 7) is 0.898. The van der Waals surface area contributed by atoms with Gasteiger partial charge in [-0.05, 0) is 18.2 Å². The van der Waals surface area contributed by atoms with Crippen LogP contribution in [0.1, 0.15) is 11.1 Å². The Bertz CT molecular complexity index is 424. The zero-order chi connectivity index (χ0) is 12.9. The fourth-order valence-corrected chi connectivity index (χ4v) is 1.29. The van der Waals surface area contributed by atoms with Crippen LogP contribution in [0.3, 0.4) is 0 Å². The predicted octanol–water partition coefficient (Wildman–Crippen LogP) is 2.64. The molecule has 1 aromatic carbocycles. The summed E-state index contributed by atoms with van der Waals surface area (Å²) in [4.78, 5) is 0. The van der Waals surface area contributed by atoms with Gasteiger partial charge in [0.1, 0.15) is 0 Å². The van der Waals surface area contributed by atoms with Gasteiger partial charge in [0.05, 0.1) is 23.8 Å². The molecule has 1 rings (SSSR count). The third kappa shape index (κ3) is 3.64. The quantitative estimate of drug-likeness (QED) is 0.828. The first-order valence-electron chi connectivity index (χ1n) is 4.83. The lowest BCUT2D eigenvalue weighted by Crippen LogP contribution is -2.10. The Morgan fingerprint density at radius 2 is 2.12 bits per heavy atom. The zero-order valence-electron chi connectivity index (χ0n) is 9.14. The number of ether oxygens (including phenoxy) is 1. The van der Waals surface area contributed by atoms with Gasteiger partial charge in [-0.25, -0.2) is 0 Å². The Hall–Kier alpha value is -1.74. The van der Waals surface area contributed by atoms with Crippen LogP contribution in [-0.4, -0.2) is 20.3 Å². The normalized spacial score (nSPS) is 11.0. The Balaban J connectivity index is 2.90. The lowest BCUT2D eigenvalue weighted by molar-refractivity contribution is -0.137. The zero-order valence-corrected chi connectivity index (χ0v) is 9.14. The molecule has 0 bridgehead atoms. The third-order valence-electron chi connectivity index (χ3n) is 2.08. The van der Waals surface area contributed by atoms with Crippen molar-refractivity contribution in [2.45, 2.75) is 6.18 Å². The smallest absolute Gasteiger partial charge is 0.383 e. The summed E-state index contributed by atoms with van der Waals surface area (Å²) in [7, 11) is 1.52. The van der Waals surface area contributed by atoms with Gasteiger partial charge in [0.2, 0.25) is 0 Å². The second-order valence-electron chi connectivity index (χ2n) is 3.29. The Labute approximate surface area is 96.8 Å². The molecule has 1 aromatic rings. The molecule has 92 valence electrons. The molecule has 0 heterocycles. The van der Waals surface area contributed by atoms with Crippen LogP contribution in [0, 0.1) is 11.3 Å². The van der Waals surface area contributed by atoms with Crippen molar-refractivity contribution >= 4 is 5.69 Å². The molecule has 0 radical (unpaired) electrons. The Morgan fingerprint density at radius 3 is 2.65 bits per heavy atom. The maximum Gasteiger partial charge on any atom is 0.417 e. The first kappa shape index (κ1) is 13.3. The summed E-state index contributed by atoms with van der Waals surface area (Å²) in [5.41, 5.74) is -0.844. The molecule has 0 spiro atoms. The highest BCUT2D eigenvalue weighted by atomic mass is 19.4. The van der Waals surface area contributed by atoms with Gasteiger partial charge in [-0.3, -0.25) is 0 Å². The highest BCUT2D eigenvalue weighted by molar-refractivity contribution is 5.53. The highest BCUT2D eigenvalue weighted by Crippen LogP contribution is 2.32. The number of nitrogens with zero attached hydrogens (tertiary/aromatic N) is 1. The van der Waals surface area contributed by atoms with E-state index in [9.17, 15) is 13.2 Å². The summed E-state index contributed by atoms with van der Waals surface area (Å²) in [6, 6.07) is 4.91. The number of alkyl halides is 3. The van der Waals surface area contributed by atoms with Crippen molar-refractivity contribution in [3.8, 4) is 6.07 Å². The third-order valence-corrected chi connectivity index (χ3v) is 2.08. The Morgan fingerprint density at radius 1 is 1.41 bits per heavy atom. The minimum absolute atomic E-state index is 0.389. The van der Waals surface area contributed by atoms with Crippen molar-refractivity contribution in [1.29, 1.82) is 5.26 Å².